The first-order chi connectivity index (χ1) is 9.72. The molecule has 0 saturated heterocycles. The van der Waals surface area contributed by atoms with Crippen LogP contribution in [0.25, 0.3) is 11.3 Å². The van der Waals surface area contributed by atoms with Crippen molar-refractivity contribution in [3.05, 3.63) is 52.6 Å². The maximum Gasteiger partial charge on any atom is 0.0702 e. The third kappa shape index (κ3) is 4.13. The average Bonchev–Trinajstić information content (AvgIpc) is 2.48. The third-order valence-electron chi connectivity index (χ3n) is 3.23. The molecule has 0 aliphatic carbocycles. The molecule has 0 aliphatic rings. The summed E-state index contributed by atoms with van der Waals surface area (Å²) in [4.78, 5) is 6.71. The number of likely N-dealkylation sites (N-methyl/N-ethyl adjacent to an activating group) is 1. The molecule has 0 unspecified atom stereocenters. The van der Waals surface area contributed by atoms with Crippen molar-refractivity contribution in [2.75, 3.05) is 19.7 Å². The summed E-state index contributed by atoms with van der Waals surface area (Å²) in [6.07, 6.45) is 1.91. The van der Waals surface area contributed by atoms with Gasteiger partial charge in [-0.25, -0.2) is 0 Å². The maximum absolute atomic E-state index is 9.00. The van der Waals surface area contributed by atoms with Crippen LogP contribution in [0.15, 0.2) is 47.1 Å². The van der Waals surface area contributed by atoms with Crippen molar-refractivity contribution in [3.63, 3.8) is 0 Å². The number of aromatic nitrogens is 1. The fourth-order valence-corrected chi connectivity index (χ4v) is 2.32. The van der Waals surface area contributed by atoms with E-state index in [9.17, 15) is 0 Å². The molecule has 2 aromatic rings. The molecule has 1 N–H and O–H groups in total. The number of hydrogen-bond acceptors (Lipinski definition) is 3. The topological polar surface area (TPSA) is 36.4 Å². The smallest absolute Gasteiger partial charge is 0.0702 e. The van der Waals surface area contributed by atoms with E-state index in [0.717, 1.165) is 28.8 Å². The molecule has 3 nitrogen and oxygen atoms in total. The summed E-state index contributed by atoms with van der Waals surface area (Å²) in [5.74, 6) is 0. The Kier molecular flexibility index (Phi) is 5.71. The number of rotatable bonds is 6. The SMILES string of the molecule is CCN(CCO)Cc1ccc(-c2ccc(Br)cc2)nc1. The van der Waals surface area contributed by atoms with E-state index in [1.54, 1.807) is 0 Å². The lowest BCUT2D eigenvalue weighted by Gasteiger charge is -2.18. The number of halogens is 1. The summed E-state index contributed by atoms with van der Waals surface area (Å²) in [6, 6.07) is 12.3. The van der Waals surface area contributed by atoms with E-state index >= 15 is 0 Å². The van der Waals surface area contributed by atoms with E-state index in [4.69, 9.17) is 5.11 Å². The number of hydrogen-bond donors (Lipinski definition) is 1. The first kappa shape index (κ1) is 15.2. The van der Waals surface area contributed by atoms with Crippen molar-refractivity contribution in [2.45, 2.75) is 13.5 Å². The Balaban J connectivity index is 2.07. The Morgan fingerprint density at radius 1 is 1.15 bits per heavy atom. The van der Waals surface area contributed by atoms with Crippen LogP contribution in [-0.2, 0) is 6.54 Å². The lowest BCUT2D eigenvalue weighted by Crippen LogP contribution is -2.26. The van der Waals surface area contributed by atoms with Crippen LogP contribution < -0.4 is 0 Å². The molecule has 1 heterocycles. The molecule has 0 fully saturated rings. The molecule has 0 bridgehead atoms. The summed E-state index contributed by atoms with van der Waals surface area (Å²) in [7, 11) is 0. The van der Waals surface area contributed by atoms with Crippen molar-refractivity contribution in [1.82, 2.24) is 9.88 Å². The first-order valence-electron chi connectivity index (χ1n) is 6.77. The van der Waals surface area contributed by atoms with Crippen LogP contribution in [-0.4, -0.2) is 34.7 Å². The summed E-state index contributed by atoms with van der Waals surface area (Å²) >= 11 is 3.43. The largest absolute Gasteiger partial charge is 0.395 e. The van der Waals surface area contributed by atoms with Crippen LogP contribution in [0.5, 0.6) is 0 Å². The van der Waals surface area contributed by atoms with Crippen molar-refractivity contribution >= 4 is 15.9 Å². The standard InChI is InChI=1S/C16H19BrN2O/c1-2-19(9-10-20)12-13-3-8-16(18-11-13)14-4-6-15(17)7-5-14/h3-8,11,20H,2,9-10,12H2,1H3. The van der Waals surface area contributed by atoms with Gasteiger partial charge in [0.25, 0.3) is 0 Å². The summed E-state index contributed by atoms with van der Waals surface area (Å²) in [5.41, 5.74) is 3.26. The molecule has 0 amide bonds. The van der Waals surface area contributed by atoms with Gasteiger partial charge in [-0.05, 0) is 30.3 Å². The number of benzene rings is 1. The first-order valence-corrected chi connectivity index (χ1v) is 7.56. The summed E-state index contributed by atoms with van der Waals surface area (Å²) < 4.78 is 1.07. The highest BCUT2D eigenvalue weighted by Gasteiger charge is 2.04. The Labute approximate surface area is 128 Å². The molecular weight excluding hydrogens is 316 g/mol. The van der Waals surface area contributed by atoms with Crippen LogP contribution in [0.4, 0.5) is 0 Å². The van der Waals surface area contributed by atoms with Crippen LogP contribution in [0, 0.1) is 0 Å². The maximum atomic E-state index is 9.00. The van der Waals surface area contributed by atoms with Crippen molar-refractivity contribution in [2.24, 2.45) is 0 Å². The summed E-state index contributed by atoms with van der Waals surface area (Å²) in [6.45, 7) is 4.74. The molecule has 0 aliphatic heterocycles. The molecule has 2 rings (SSSR count). The quantitative estimate of drug-likeness (QED) is 0.880. The minimum Gasteiger partial charge on any atom is -0.395 e. The van der Waals surface area contributed by atoms with E-state index in [1.807, 2.05) is 24.4 Å². The zero-order valence-electron chi connectivity index (χ0n) is 11.6. The molecule has 4 heteroatoms. The van der Waals surface area contributed by atoms with E-state index in [2.05, 4.69) is 50.9 Å². The monoisotopic (exact) mass is 334 g/mol. The predicted molar refractivity (Wildman–Crippen MR) is 85.4 cm³/mol. The summed E-state index contributed by atoms with van der Waals surface area (Å²) in [5, 5.41) is 9.00. The molecule has 0 radical (unpaired) electrons. The van der Waals surface area contributed by atoms with Crippen LogP contribution in [0.3, 0.4) is 0 Å². The Hall–Kier alpha value is -1.23. The molecule has 106 valence electrons. The average molecular weight is 335 g/mol. The molecule has 0 saturated carbocycles. The van der Waals surface area contributed by atoms with Crippen LogP contribution in [0.1, 0.15) is 12.5 Å². The number of aliphatic hydroxyl groups is 1. The fraction of sp³-hybridized carbons (Fsp3) is 0.312. The molecule has 0 spiro atoms. The fourth-order valence-electron chi connectivity index (χ4n) is 2.06. The Bertz CT molecular complexity index is 525. The van der Waals surface area contributed by atoms with E-state index in [1.165, 1.54) is 5.56 Å². The molecule has 20 heavy (non-hydrogen) atoms. The van der Waals surface area contributed by atoms with Gasteiger partial charge in [0.1, 0.15) is 0 Å². The Morgan fingerprint density at radius 3 is 2.45 bits per heavy atom. The third-order valence-corrected chi connectivity index (χ3v) is 3.76. The van der Waals surface area contributed by atoms with Gasteiger partial charge in [-0.1, -0.05) is 41.1 Å². The minimum absolute atomic E-state index is 0.193. The second kappa shape index (κ2) is 7.53. The second-order valence-corrected chi connectivity index (χ2v) is 5.57. The zero-order valence-corrected chi connectivity index (χ0v) is 13.2. The van der Waals surface area contributed by atoms with Crippen molar-refractivity contribution in [3.8, 4) is 11.3 Å². The van der Waals surface area contributed by atoms with E-state index < -0.39 is 0 Å². The minimum atomic E-state index is 0.193. The zero-order chi connectivity index (χ0) is 14.4. The van der Waals surface area contributed by atoms with Gasteiger partial charge in [0.05, 0.1) is 12.3 Å². The highest BCUT2D eigenvalue weighted by molar-refractivity contribution is 9.10. The highest BCUT2D eigenvalue weighted by atomic mass is 79.9. The molecular formula is C16H19BrN2O. The van der Waals surface area contributed by atoms with Gasteiger partial charge in [-0.3, -0.25) is 9.88 Å². The van der Waals surface area contributed by atoms with Gasteiger partial charge >= 0.3 is 0 Å². The lowest BCUT2D eigenvalue weighted by molar-refractivity contribution is 0.196. The second-order valence-electron chi connectivity index (χ2n) is 4.65. The van der Waals surface area contributed by atoms with Crippen molar-refractivity contribution in [1.29, 1.82) is 0 Å². The van der Waals surface area contributed by atoms with Gasteiger partial charge in [0.15, 0.2) is 0 Å². The normalized spacial score (nSPS) is 11.0. The van der Waals surface area contributed by atoms with Gasteiger partial charge in [-0.15, -0.1) is 0 Å². The van der Waals surface area contributed by atoms with Gasteiger partial charge in [0.2, 0.25) is 0 Å². The Morgan fingerprint density at radius 2 is 1.90 bits per heavy atom. The van der Waals surface area contributed by atoms with Crippen molar-refractivity contribution < 1.29 is 5.11 Å². The van der Waals surface area contributed by atoms with Gasteiger partial charge in [-0.2, -0.15) is 0 Å². The molecule has 1 aromatic heterocycles. The number of nitrogens with zero attached hydrogens (tertiary/aromatic N) is 2. The highest BCUT2D eigenvalue weighted by Crippen LogP contribution is 2.20. The molecule has 1 aromatic carbocycles. The number of pyridine rings is 1. The van der Waals surface area contributed by atoms with Crippen LogP contribution >= 0.6 is 15.9 Å². The van der Waals surface area contributed by atoms with Gasteiger partial charge < -0.3 is 5.11 Å². The number of aliphatic hydroxyl groups excluding tert-OH is 1. The van der Waals surface area contributed by atoms with Gasteiger partial charge in [0, 0.05) is 29.3 Å². The van der Waals surface area contributed by atoms with E-state index in [0.29, 0.717) is 6.54 Å². The van der Waals surface area contributed by atoms with E-state index in [-0.39, 0.29) is 6.61 Å². The van der Waals surface area contributed by atoms with Crippen LogP contribution in [0.2, 0.25) is 0 Å². The predicted octanol–water partition coefficient (Wildman–Crippen LogP) is 3.33. The lowest BCUT2D eigenvalue weighted by atomic mass is 10.1. The molecule has 0 atom stereocenters.